The quantitative estimate of drug-likeness (QED) is 0.586. The van der Waals surface area contributed by atoms with Gasteiger partial charge in [-0.15, -0.1) is 0 Å². The van der Waals surface area contributed by atoms with E-state index in [1.54, 1.807) is 18.2 Å². The number of aliphatic hydroxyl groups excluding tert-OH is 1. The molecule has 0 saturated heterocycles. The maximum atomic E-state index is 14.5. The summed E-state index contributed by atoms with van der Waals surface area (Å²) in [5.74, 6) is -0.899. The number of Topliss-reactive ketones (excluding diaryl/α,β-unsaturated/α-hetero) is 1. The van der Waals surface area contributed by atoms with Crippen molar-refractivity contribution in [1.29, 1.82) is 0 Å². The van der Waals surface area contributed by atoms with Crippen LogP contribution in [0.2, 0.25) is 5.02 Å². The van der Waals surface area contributed by atoms with E-state index < -0.39 is 11.6 Å². The van der Waals surface area contributed by atoms with Gasteiger partial charge in [-0.05, 0) is 78.8 Å². The van der Waals surface area contributed by atoms with Gasteiger partial charge in [-0.1, -0.05) is 30.7 Å². The Morgan fingerprint density at radius 2 is 1.60 bits per heavy atom. The molecule has 2 atom stereocenters. The Morgan fingerprint density at radius 3 is 2.17 bits per heavy atom. The van der Waals surface area contributed by atoms with Gasteiger partial charge in [0.2, 0.25) is 0 Å². The number of aryl methyl sites for hydroxylation is 1. The fourth-order valence-corrected chi connectivity index (χ4v) is 6.23. The summed E-state index contributed by atoms with van der Waals surface area (Å²) >= 11 is 5.77. The van der Waals surface area contributed by atoms with Crippen LogP contribution in [0.25, 0.3) is 16.7 Å². The smallest absolute Gasteiger partial charge is 0.170 e. The van der Waals surface area contributed by atoms with E-state index in [4.69, 9.17) is 11.6 Å². The first-order chi connectivity index (χ1) is 14.4. The number of ketones is 1. The summed E-state index contributed by atoms with van der Waals surface area (Å²) in [4.78, 5) is 13.5. The first-order valence-electron chi connectivity index (χ1n) is 10.7. The van der Waals surface area contributed by atoms with Crippen LogP contribution in [0.15, 0.2) is 36.1 Å². The third kappa shape index (κ3) is 2.84. The van der Waals surface area contributed by atoms with Crippen molar-refractivity contribution in [3.8, 4) is 11.1 Å². The minimum Gasteiger partial charge on any atom is -0.511 e. The van der Waals surface area contributed by atoms with Gasteiger partial charge in [-0.25, -0.2) is 8.78 Å². The first-order valence-corrected chi connectivity index (χ1v) is 11.0. The highest BCUT2D eigenvalue weighted by molar-refractivity contribution is 6.30. The van der Waals surface area contributed by atoms with E-state index in [1.165, 1.54) is 0 Å². The predicted octanol–water partition coefficient (Wildman–Crippen LogP) is 6.75. The highest BCUT2D eigenvalue weighted by atomic mass is 35.5. The average Bonchev–Trinajstić information content (AvgIpc) is 3.00. The number of fused-ring (bicyclic) bond motifs is 2. The van der Waals surface area contributed by atoms with Gasteiger partial charge < -0.3 is 5.11 Å². The summed E-state index contributed by atoms with van der Waals surface area (Å²) in [6, 6.07) is 7.26. The highest BCUT2D eigenvalue weighted by Crippen LogP contribution is 2.57. The van der Waals surface area contributed by atoms with Gasteiger partial charge in [0, 0.05) is 16.9 Å². The molecule has 2 bridgehead atoms. The zero-order chi connectivity index (χ0) is 21.2. The summed E-state index contributed by atoms with van der Waals surface area (Å²) in [7, 11) is 0. The molecule has 2 nitrogen and oxygen atoms in total. The molecular formula is C25H23ClF2O2. The van der Waals surface area contributed by atoms with Gasteiger partial charge in [-0.2, -0.15) is 0 Å². The summed E-state index contributed by atoms with van der Waals surface area (Å²) in [6.07, 6.45) is 4.84. The van der Waals surface area contributed by atoms with Gasteiger partial charge in [0.25, 0.3) is 0 Å². The Bertz CT molecular complexity index is 1060. The van der Waals surface area contributed by atoms with Crippen molar-refractivity contribution in [3.63, 3.8) is 0 Å². The fourth-order valence-electron chi connectivity index (χ4n) is 6.04. The van der Waals surface area contributed by atoms with E-state index in [0.29, 0.717) is 35.0 Å². The molecule has 30 heavy (non-hydrogen) atoms. The predicted molar refractivity (Wildman–Crippen MR) is 113 cm³/mol. The largest absolute Gasteiger partial charge is 0.511 e. The number of carbonyl (C=O) groups excluding carboxylic acids is 1. The van der Waals surface area contributed by atoms with Crippen LogP contribution in [0.3, 0.4) is 0 Å². The number of halogens is 3. The molecule has 156 valence electrons. The maximum Gasteiger partial charge on any atom is 0.170 e. The van der Waals surface area contributed by atoms with E-state index in [9.17, 15) is 18.7 Å². The van der Waals surface area contributed by atoms with Crippen LogP contribution < -0.4 is 0 Å². The minimum absolute atomic E-state index is 0.00389. The molecule has 4 aliphatic carbocycles. The van der Waals surface area contributed by atoms with Crippen LogP contribution in [0, 0.1) is 35.3 Å². The normalized spacial score (nSPS) is 27.7. The summed E-state index contributed by atoms with van der Waals surface area (Å²) in [5.41, 5.74) is 2.00. The van der Waals surface area contributed by atoms with Crippen molar-refractivity contribution in [2.24, 2.45) is 23.7 Å². The molecule has 0 spiro atoms. The van der Waals surface area contributed by atoms with Gasteiger partial charge >= 0.3 is 0 Å². The Labute approximate surface area is 179 Å². The second kappa shape index (κ2) is 7.19. The molecule has 0 heterocycles. The van der Waals surface area contributed by atoms with Crippen LogP contribution in [-0.2, 0) is 11.2 Å². The standard InChI is InChI=1S/C25H23ClF2O2/c1-2-12-3-8-15(20-18(27)10-16(26)11-19(20)28)9-17(12)23-24(29)21-13-4-5-14(7-6-13)22(21)25(23)30/h3,8-11,13-14,21-22,29H,2,4-7H2,1H3. The SMILES string of the molecule is CCc1ccc(-c2c(F)cc(Cl)cc2F)cc1C1=C(O)C2C3CCC(CC3)C2C1=O. The number of allylic oxidation sites excluding steroid dienone is 2. The number of carbonyl (C=O) groups is 1. The molecule has 2 aromatic carbocycles. The fraction of sp³-hybridized carbons (Fsp3) is 0.400. The lowest BCUT2D eigenvalue weighted by molar-refractivity contribution is -0.123. The Hall–Kier alpha value is -2.20. The van der Waals surface area contributed by atoms with Crippen molar-refractivity contribution >= 4 is 23.0 Å². The molecule has 3 fully saturated rings. The van der Waals surface area contributed by atoms with Crippen molar-refractivity contribution in [1.82, 2.24) is 0 Å². The molecule has 2 aromatic rings. The molecule has 5 heteroatoms. The lowest BCUT2D eigenvalue weighted by atomic mass is 9.59. The van der Waals surface area contributed by atoms with Crippen molar-refractivity contribution in [3.05, 3.63) is 63.9 Å². The monoisotopic (exact) mass is 428 g/mol. The Kier molecular flexibility index (Phi) is 4.73. The Morgan fingerprint density at radius 1 is 1.00 bits per heavy atom. The van der Waals surface area contributed by atoms with Crippen LogP contribution in [0.1, 0.15) is 43.7 Å². The number of benzene rings is 2. The lowest BCUT2D eigenvalue weighted by Gasteiger charge is -2.44. The zero-order valence-electron chi connectivity index (χ0n) is 16.7. The van der Waals surface area contributed by atoms with Crippen LogP contribution in [0.5, 0.6) is 0 Å². The van der Waals surface area contributed by atoms with Crippen LogP contribution >= 0.6 is 11.6 Å². The molecule has 4 aliphatic rings. The van der Waals surface area contributed by atoms with Crippen LogP contribution in [-0.4, -0.2) is 10.9 Å². The summed E-state index contributed by atoms with van der Waals surface area (Å²) < 4.78 is 29.1. The molecule has 0 radical (unpaired) electrons. The lowest BCUT2D eigenvalue weighted by Crippen LogP contribution is -2.41. The van der Waals surface area contributed by atoms with Gasteiger partial charge in [0.1, 0.15) is 17.4 Å². The van der Waals surface area contributed by atoms with E-state index in [2.05, 4.69) is 0 Å². The molecule has 1 N–H and O–H groups in total. The van der Waals surface area contributed by atoms with Crippen molar-refractivity contribution in [2.45, 2.75) is 39.0 Å². The highest BCUT2D eigenvalue weighted by Gasteiger charge is 2.54. The third-order valence-electron chi connectivity index (χ3n) is 7.40. The van der Waals surface area contributed by atoms with Crippen molar-refractivity contribution < 1.29 is 18.7 Å². The molecule has 0 aliphatic heterocycles. The number of rotatable bonds is 3. The van der Waals surface area contributed by atoms with Gasteiger partial charge in [-0.3, -0.25) is 4.79 Å². The molecule has 3 saturated carbocycles. The number of hydrogen-bond donors (Lipinski definition) is 1. The molecular weight excluding hydrogens is 406 g/mol. The second-order valence-corrected chi connectivity index (χ2v) is 9.26. The van der Waals surface area contributed by atoms with E-state index in [1.807, 2.05) is 6.92 Å². The topological polar surface area (TPSA) is 37.3 Å². The Balaban J connectivity index is 1.66. The second-order valence-electron chi connectivity index (χ2n) is 8.82. The minimum atomic E-state index is -0.752. The summed E-state index contributed by atoms with van der Waals surface area (Å²) in [5, 5.41) is 11.1. The van der Waals surface area contributed by atoms with Gasteiger partial charge in [0.15, 0.2) is 5.78 Å². The van der Waals surface area contributed by atoms with Crippen LogP contribution in [0.4, 0.5) is 8.78 Å². The maximum absolute atomic E-state index is 14.5. The molecule has 6 rings (SSSR count). The third-order valence-corrected chi connectivity index (χ3v) is 7.61. The molecule has 0 aromatic heterocycles. The van der Waals surface area contributed by atoms with E-state index in [-0.39, 0.29) is 34.0 Å². The number of aliphatic hydroxyl groups is 1. The zero-order valence-corrected chi connectivity index (χ0v) is 17.5. The van der Waals surface area contributed by atoms with E-state index >= 15 is 0 Å². The molecule has 0 amide bonds. The van der Waals surface area contributed by atoms with E-state index in [0.717, 1.165) is 43.4 Å². The van der Waals surface area contributed by atoms with Gasteiger partial charge in [0.05, 0.1) is 11.1 Å². The molecule has 2 unspecified atom stereocenters. The number of hydrogen-bond acceptors (Lipinski definition) is 2. The average molecular weight is 429 g/mol. The summed E-state index contributed by atoms with van der Waals surface area (Å²) in [6.45, 7) is 1.97. The van der Waals surface area contributed by atoms with Crippen molar-refractivity contribution in [2.75, 3.05) is 0 Å². The first kappa shape index (κ1) is 19.7.